The molecule has 2 aliphatic heterocycles. The van der Waals surface area contributed by atoms with Gasteiger partial charge in [-0.15, -0.1) is 0 Å². The fraction of sp³-hybridized carbons (Fsp3) is 0.375. The van der Waals surface area contributed by atoms with E-state index in [1.807, 2.05) is 32.0 Å². The summed E-state index contributed by atoms with van der Waals surface area (Å²) in [5.74, 6) is -0.963. The van der Waals surface area contributed by atoms with Crippen LogP contribution in [0.15, 0.2) is 52.5 Å². The number of amides is 2. The summed E-state index contributed by atoms with van der Waals surface area (Å²) in [6.07, 6.45) is 0.878. The Hall–Kier alpha value is -3.11. The van der Waals surface area contributed by atoms with Gasteiger partial charge in [-0.25, -0.2) is 17.8 Å². The quantitative estimate of drug-likeness (QED) is 0.665. The van der Waals surface area contributed by atoms with E-state index in [9.17, 15) is 22.4 Å². The molecule has 0 bridgehead atoms. The van der Waals surface area contributed by atoms with Gasteiger partial charge in [0.05, 0.1) is 10.6 Å². The number of nitrogens with zero attached hydrogens (tertiary/aromatic N) is 4. The van der Waals surface area contributed by atoms with E-state index in [1.165, 1.54) is 21.4 Å². The van der Waals surface area contributed by atoms with E-state index in [0.717, 1.165) is 23.3 Å². The van der Waals surface area contributed by atoms with Crippen LogP contribution in [-0.4, -0.2) is 61.3 Å². The molecule has 180 valence electrons. The lowest BCUT2D eigenvalue weighted by Crippen LogP contribution is -2.43. The smallest absolute Gasteiger partial charge is 0.270 e. The van der Waals surface area contributed by atoms with E-state index < -0.39 is 15.8 Å². The second-order valence-electron chi connectivity index (χ2n) is 8.55. The summed E-state index contributed by atoms with van der Waals surface area (Å²) in [6.45, 7) is 4.77. The minimum Gasteiger partial charge on any atom is -0.336 e. The van der Waals surface area contributed by atoms with Gasteiger partial charge >= 0.3 is 0 Å². The number of carbonyl (C=O) groups excluding carboxylic acids is 2. The van der Waals surface area contributed by atoms with E-state index >= 15 is 0 Å². The molecule has 10 heteroatoms. The van der Waals surface area contributed by atoms with Gasteiger partial charge in [0.15, 0.2) is 0 Å². The highest BCUT2D eigenvalue weighted by Gasteiger charge is 2.32. The van der Waals surface area contributed by atoms with E-state index in [1.54, 1.807) is 4.90 Å². The lowest BCUT2D eigenvalue weighted by Gasteiger charge is -2.27. The normalized spacial score (nSPS) is 18.0. The average Bonchev–Trinajstić information content (AvgIpc) is 3.08. The van der Waals surface area contributed by atoms with Gasteiger partial charge in [0.1, 0.15) is 11.5 Å². The molecule has 2 aromatic carbocycles. The van der Waals surface area contributed by atoms with Crippen molar-refractivity contribution >= 4 is 33.2 Å². The van der Waals surface area contributed by atoms with Gasteiger partial charge < -0.3 is 4.90 Å². The Bertz CT molecular complexity index is 1240. The summed E-state index contributed by atoms with van der Waals surface area (Å²) < 4.78 is 40.4. The number of rotatable bonds is 4. The molecule has 34 heavy (non-hydrogen) atoms. The van der Waals surface area contributed by atoms with Gasteiger partial charge in [0, 0.05) is 39.0 Å². The Labute approximate surface area is 198 Å². The second-order valence-corrected chi connectivity index (χ2v) is 10.5. The van der Waals surface area contributed by atoms with Gasteiger partial charge in [0.2, 0.25) is 15.9 Å². The Morgan fingerprint density at radius 3 is 2.44 bits per heavy atom. The molecular formula is C24H27FN4O4S. The highest BCUT2D eigenvalue weighted by atomic mass is 32.2. The standard InChI is InChI=1S/C24H27FN4O4S/c1-17-4-5-18(2)22(16-17)29-23(30)11-10-21(26-29)24(31)27-12-3-13-28(15-14-27)34(32,33)20-8-6-19(25)7-9-20/h4-9,16H,3,10-15H2,1-2H3. The summed E-state index contributed by atoms with van der Waals surface area (Å²) in [7, 11) is -3.79. The third kappa shape index (κ3) is 4.88. The molecule has 0 unspecified atom stereocenters. The monoisotopic (exact) mass is 486 g/mol. The van der Waals surface area contributed by atoms with Crippen LogP contribution in [0.1, 0.15) is 30.4 Å². The maximum Gasteiger partial charge on any atom is 0.270 e. The number of anilines is 1. The molecule has 8 nitrogen and oxygen atoms in total. The SMILES string of the molecule is Cc1ccc(C)c(N2N=C(C(=O)N3CCCN(S(=O)(=O)c4ccc(F)cc4)CC3)CCC2=O)c1. The zero-order valence-corrected chi connectivity index (χ0v) is 20.0. The molecule has 0 N–H and O–H groups in total. The van der Waals surface area contributed by atoms with Crippen molar-refractivity contribution in [3.8, 4) is 0 Å². The van der Waals surface area contributed by atoms with Crippen molar-refractivity contribution in [2.24, 2.45) is 5.10 Å². The molecule has 2 aliphatic rings. The number of carbonyl (C=O) groups is 2. The first-order valence-corrected chi connectivity index (χ1v) is 12.6. The number of sulfonamides is 1. The van der Waals surface area contributed by atoms with Crippen LogP contribution in [0, 0.1) is 19.7 Å². The van der Waals surface area contributed by atoms with Gasteiger partial charge in [0.25, 0.3) is 5.91 Å². The first-order valence-electron chi connectivity index (χ1n) is 11.2. The minimum atomic E-state index is -3.79. The fourth-order valence-corrected chi connectivity index (χ4v) is 5.59. The minimum absolute atomic E-state index is 0.0213. The molecule has 0 aliphatic carbocycles. The van der Waals surface area contributed by atoms with Gasteiger partial charge in [-0.2, -0.15) is 9.41 Å². The lowest BCUT2D eigenvalue weighted by atomic mass is 10.1. The van der Waals surface area contributed by atoms with E-state index in [4.69, 9.17) is 0 Å². The van der Waals surface area contributed by atoms with Crippen LogP contribution in [0.2, 0.25) is 0 Å². The molecule has 0 radical (unpaired) electrons. The van der Waals surface area contributed by atoms with Crippen LogP contribution in [-0.2, 0) is 19.6 Å². The maximum absolute atomic E-state index is 13.3. The molecule has 4 rings (SSSR count). The molecule has 0 atom stereocenters. The van der Waals surface area contributed by atoms with Crippen molar-refractivity contribution in [2.45, 2.75) is 38.0 Å². The summed E-state index contributed by atoms with van der Waals surface area (Å²) in [5, 5.41) is 5.71. The summed E-state index contributed by atoms with van der Waals surface area (Å²) in [6, 6.07) is 10.5. The fourth-order valence-electron chi connectivity index (χ4n) is 4.12. The Morgan fingerprint density at radius 2 is 1.71 bits per heavy atom. The van der Waals surface area contributed by atoms with Crippen LogP contribution < -0.4 is 5.01 Å². The second kappa shape index (κ2) is 9.63. The largest absolute Gasteiger partial charge is 0.336 e. The zero-order chi connectivity index (χ0) is 24.5. The summed E-state index contributed by atoms with van der Waals surface area (Å²) >= 11 is 0. The van der Waals surface area contributed by atoms with Crippen molar-refractivity contribution in [3.05, 3.63) is 59.4 Å². The number of hydrogen-bond acceptors (Lipinski definition) is 5. The summed E-state index contributed by atoms with van der Waals surface area (Å²) in [4.78, 5) is 27.4. The summed E-state index contributed by atoms with van der Waals surface area (Å²) in [5.41, 5.74) is 2.81. The molecule has 1 saturated heterocycles. The third-order valence-corrected chi connectivity index (χ3v) is 7.98. The topological polar surface area (TPSA) is 90.4 Å². The van der Waals surface area contributed by atoms with Gasteiger partial charge in [-0.05, 0) is 61.7 Å². The number of hydrazone groups is 1. The van der Waals surface area contributed by atoms with Crippen LogP contribution in [0.4, 0.5) is 10.1 Å². The van der Waals surface area contributed by atoms with Crippen LogP contribution in [0.5, 0.6) is 0 Å². The highest BCUT2D eigenvalue weighted by Crippen LogP contribution is 2.26. The number of halogens is 1. The third-order valence-electron chi connectivity index (χ3n) is 6.07. The van der Waals surface area contributed by atoms with Gasteiger partial charge in [-0.3, -0.25) is 9.59 Å². The van der Waals surface area contributed by atoms with Crippen molar-refractivity contribution in [2.75, 3.05) is 31.2 Å². The molecule has 0 spiro atoms. The van der Waals surface area contributed by atoms with Gasteiger partial charge in [-0.1, -0.05) is 12.1 Å². The predicted octanol–water partition coefficient (Wildman–Crippen LogP) is 2.85. The van der Waals surface area contributed by atoms with Crippen molar-refractivity contribution < 1.29 is 22.4 Å². The predicted molar refractivity (Wildman–Crippen MR) is 126 cm³/mol. The van der Waals surface area contributed by atoms with Crippen molar-refractivity contribution in [3.63, 3.8) is 0 Å². The molecule has 0 saturated carbocycles. The van der Waals surface area contributed by atoms with Crippen LogP contribution in [0.3, 0.4) is 0 Å². The lowest BCUT2D eigenvalue weighted by molar-refractivity contribution is -0.124. The molecule has 2 aromatic rings. The van der Waals surface area contributed by atoms with Crippen molar-refractivity contribution in [1.82, 2.24) is 9.21 Å². The first kappa shape index (κ1) is 24.0. The Balaban J connectivity index is 1.50. The molecule has 1 fully saturated rings. The van der Waals surface area contributed by atoms with Crippen molar-refractivity contribution in [1.29, 1.82) is 0 Å². The molecule has 2 heterocycles. The average molecular weight is 487 g/mol. The molecular weight excluding hydrogens is 459 g/mol. The Kier molecular flexibility index (Phi) is 6.81. The maximum atomic E-state index is 13.3. The van der Waals surface area contributed by atoms with E-state index in [-0.39, 0.29) is 54.9 Å². The number of aryl methyl sites for hydroxylation is 2. The van der Waals surface area contributed by atoms with Crippen LogP contribution in [0.25, 0.3) is 0 Å². The highest BCUT2D eigenvalue weighted by molar-refractivity contribution is 7.89. The first-order chi connectivity index (χ1) is 16.2. The van der Waals surface area contributed by atoms with Crippen LogP contribution >= 0.6 is 0 Å². The molecule has 2 amide bonds. The van der Waals surface area contributed by atoms with E-state index in [2.05, 4.69) is 5.10 Å². The number of hydrogen-bond donors (Lipinski definition) is 0. The number of benzene rings is 2. The Morgan fingerprint density at radius 1 is 0.971 bits per heavy atom. The molecule has 0 aromatic heterocycles. The van der Waals surface area contributed by atoms with E-state index in [0.29, 0.717) is 18.7 Å². The zero-order valence-electron chi connectivity index (χ0n) is 19.2.